The van der Waals surface area contributed by atoms with E-state index in [1.165, 1.54) is 0 Å². The van der Waals surface area contributed by atoms with Gasteiger partial charge in [0.15, 0.2) is 0 Å². The Hall–Kier alpha value is -1.58. The Morgan fingerprint density at radius 3 is 2.70 bits per heavy atom. The molecule has 0 saturated heterocycles. The largest absolute Gasteiger partial charge is 0.495 e. The van der Waals surface area contributed by atoms with Gasteiger partial charge >= 0.3 is 0 Å². The summed E-state index contributed by atoms with van der Waals surface area (Å²) in [5.41, 5.74) is 3.26. The van der Waals surface area contributed by atoms with Crippen LogP contribution in [0.25, 0.3) is 11.1 Å². The summed E-state index contributed by atoms with van der Waals surface area (Å²) >= 11 is 6.05. The summed E-state index contributed by atoms with van der Waals surface area (Å²) in [7, 11) is 1.62. The first-order valence-corrected chi connectivity index (χ1v) is 6.99. The van der Waals surface area contributed by atoms with E-state index >= 15 is 0 Å². The third-order valence-electron chi connectivity index (χ3n) is 2.99. The number of rotatable bonds is 5. The molecule has 0 aliphatic carbocycles. The Bertz CT molecular complexity index is 584. The highest BCUT2D eigenvalue weighted by Crippen LogP contribution is 2.30. The van der Waals surface area contributed by atoms with Gasteiger partial charge < -0.3 is 10.1 Å². The van der Waals surface area contributed by atoms with Gasteiger partial charge in [0.1, 0.15) is 5.75 Å². The van der Waals surface area contributed by atoms with Gasteiger partial charge in [-0.25, -0.2) is 0 Å². The van der Waals surface area contributed by atoms with Crippen molar-refractivity contribution in [3.05, 3.63) is 47.2 Å². The molecule has 0 saturated carbocycles. The van der Waals surface area contributed by atoms with Gasteiger partial charge in [-0.15, -0.1) is 0 Å². The molecule has 0 spiro atoms. The number of nitrogens with one attached hydrogen (secondary N) is 1. The second-order valence-electron chi connectivity index (χ2n) is 4.97. The first kappa shape index (κ1) is 14.8. The molecule has 20 heavy (non-hydrogen) atoms. The summed E-state index contributed by atoms with van der Waals surface area (Å²) in [4.78, 5) is 4.30. The van der Waals surface area contributed by atoms with E-state index in [1.807, 2.05) is 30.6 Å². The predicted molar refractivity (Wildman–Crippen MR) is 83.2 cm³/mol. The maximum atomic E-state index is 6.05. The lowest BCUT2D eigenvalue weighted by atomic mass is 10.1. The van der Waals surface area contributed by atoms with Gasteiger partial charge in [-0.2, -0.15) is 0 Å². The fraction of sp³-hybridized carbons (Fsp3) is 0.312. The molecule has 0 aliphatic heterocycles. The summed E-state index contributed by atoms with van der Waals surface area (Å²) in [5, 5.41) is 4.00. The van der Waals surface area contributed by atoms with Crippen LogP contribution in [-0.4, -0.2) is 18.1 Å². The number of aromatic nitrogens is 1. The highest BCUT2D eigenvalue weighted by Gasteiger charge is 2.05. The second-order valence-corrected chi connectivity index (χ2v) is 5.37. The highest BCUT2D eigenvalue weighted by atomic mass is 35.5. The molecular weight excluding hydrogens is 272 g/mol. The van der Waals surface area contributed by atoms with Crippen molar-refractivity contribution >= 4 is 11.6 Å². The van der Waals surface area contributed by atoms with Crippen LogP contribution in [0.4, 0.5) is 0 Å². The molecule has 1 N–H and O–H groups in total. The number of methoxy groups -OCH3 is 1. The minimum atomic E-state index is 0.453. The zero-order valence-electron chi connectivity index (χ0n) is 12.0. The van der Waals surface area contributed by atoms with Gasteiger partial charge in [0.25, 0.3) is 0 Å². The third-order valence-corrected chi connectivity index (χ3v) is 3.31. The molecule has 0 atom stereocenters. The number of pyridine rings is 1. The fourth-order valence-corrected chi connectivity index (χ4v) is 2.10. The van der Waals surface area contributed by atoms with Crippen LogP contribution in [0.5, 0.6) is 5.75 Å². The molecule has 0 amide bonds. The average molecular weight is 291 g/mol. The number of nitrogens with zero attached hydrogens (tertiary/aromatic N) is 1. The Balaban J connectivity index is 2.26. The standard InChI is InChI=1S/C16H19ClN2O/c1-11(2)19-9-12-6-14(10-18-8-12)13-4-5-15(17)16(7-13)20-3/h4-8,10-11,19H,9H2,1-3H3. The lowest BCUT2D eigenvalue weighted by Gasteiger charge is -2.10. The Morgan fingerprint density at radius 1 is 1.20 bits per heavy atom. The molecular formula is C16H19ClN2O. The molecule has 0 bridgehead atoms. The SMILES string of the molecule is COc1cc(-c2cncc(CNC(C)C)c2)ccc1Cl. The molecule has 1 aromatic heterocycles. The van der Waals surface area contributed by atoms with Crippen molar-refractivity contribution in [2.75, 3.05) is 7.11 Å². The minimum absolute atomic E-state index is 0.453. The lowest BCUT2D eigenvalue weighted by Crippen LogP contribution is -2.21. The van der Waals surface area contributed by atoms with Crippen molar-refractivity contribution in [2.24, 2.45) is 0 Å². The van der Waals surface area contributed by atoms with Crippen molar-refractivity contribution in [1.82, 2.24) is 10.3 Å². The highest BCUT2D eigenvalue weighted by molar-refractivity contribution is 6.32. The van der Waals surface area contributed by atoms with Crippen LogP contribution < -0.4 is 10.1 Å². The summed E-state index contributed by atoms with van der Waals surface area (Å²) in [6.45, 7) is 5.06. The van der Waals surface area contributed by atoms with Crippen LogP contribution in [0, 0.1) is 0 Å². The first-order chi connectivity index (χ1) is 9.60. The van der Waals surface area contributed by atoms with Crippen molar-refractivity contribution in [2.45, 2.75) is 26.4 Å². The minimum Gasteiger partial charge on any atom is -0.495 e. The van der Waals surface area contributed by atoms with E-state index in [9.17, 15) is 0 Å². The average Bonchev–Trinajstić information content (AvgIpc) is 2.46. The van der Waals surface area contributed by atoms with Crippen LogP contribution in [0.15, 0.2) is 36.7 Å². The quantitative estimate of drug-likeness (QED) is 0.906. The summed E-state index contributed by atoms with van der Waals surface area (Å²) in [6, 6.07) is 8.33. The number of hydrogen-bond acceptors (Lipinski definition) is 3. The van der Waals surface area contributed by atoms with Crippen LogP contribution in [0.3, 0.4) is 0 Å². The van der Waals surface area contributed by atoms with Gasteiger partial charge in [0.05, 0.1) is 12.1 Å². The molecule has 3 nitrogen and oxygen atoms in total. The van der Waals surface area contributed by atoms with E-state index in [0.717, 1.165) is 23.2 Å². The smallest absolute Gasteiger partial charge is 0.138 e. The van der Waals surface area contributed by atoms with Crippen LogP contribution in [-0.2, 0) is 6.54 Å². The van der Waals surface area contributed by atoms with Gasteiger partial charge in [0, 0.05) is 30.5 Å². The summed E-state index contributed by atoms with van der Waals surface area (Å²) < 4.78 is 5.25. The van der Waals surface area contributed by atoms with Gasteiger partial charge in [-0.05, 0) is 29.3 Å². The molecule has 0 aliphatic rings. The number of halogens is 1. The van der Waals surface area contributed by atoms with Gasteiger partial charge in [-0.1, -0.05) is 31.5 Å². The molecule has 0 unspecified atom stereocenters. The third kappa shape index (κ3) is 3.71. The normalized spacial score (nSPS) is 10.8. The fourth-order valence-electron chi connectivity index (χ4n) is 1.90. The topological polar surface area (TPSA) is 34.1 Å². The molecule has 1 aromatic carbocycles. The van der Waals surface area contributed by atoms with Crippen LogP contribution in [0.1, 0.15) is 19.4 Å². The summed E-state index contributed by atoms with van der Waals surface area (Å²) in [6.07, 6.45) is 3.73. The van der Waals surface area contributed by atoms with Crippen LogP contribution in [0.2, 0.25) is 5.02 Å². The van der Waals surface area contributed by atoms with E-state index in [4.69, 9.17) is 16.3 Å². The Kier molecular flexibility index (Phi) is 4.99. The maximum absolute atomic E-state index is 6.05. The maximum Gasteiger partial charge on any atom is 0.138 e. The van der Waals surface area contributed by atoms with Gasteiger partial charge in [0.2, 0.25) is 0 Å². The number of hydrogen-bond donors (Lipinski definition) is 1. The summed E-state index contributed by atoms with van der Waals surface area (Å²) in [5.74, 6) is 0.676. The number of ether oxygens (including phenoxy) is 1. The zero-order chi connectivity index (χ0) is 14.5. The zero-order valence-corrected chi connectivity index (χ0v) is 12.7. The van der Waals surface area contributed by atoms with Crippen molar-refractivity contribution in [3.8, 4) is 16.9 Å². The first-order valence-electron chi connectivity index (χ1n) is 6.61. The second kappa shape index (κ2) is 6.73. The molecule has 2 aromatic rings. The molecule has 106 valence electrons. The van der Waals surface area contributed by atoms with E-state index in [2.05, 4.69) is 30.2 Å². The van der Waals surface area contributed by atoms with Crippen molar-refractivity contribution in [3.63, 3.8) is 0 Å². The van der Waals surface area contributed by atoms with E-state index in [0.29, 0.717) is 16.8 Å². The molecule has 4 heteroatoms. The monoisotopic (exact) mass is 290 g/mol. The van der Waals surface area contributed by atoms with Crippen molar-refractivity contribution in [1.29, 1.82) is 0 Å². The molecule has 0 radical (unpaired) electrons. The van der Waals surface area contributed by atoms with Gasteiger partial charge in [-0.3, -0.25) is 4.98 Å². The van der Waals surface area contributed by atoms with Crippen molar-refractivity contribution < 1.29 is 4.74 Å². The van der Waals surface area contributed by atoms with E-state index in [1.54, 1.807) is 7.11 Å². The Labute approximate surface area is 124 Å². The number of benzene rings is 1. The van der Waals surface area contributed by atoms with Crippen LogP contribution >= 0.6 is 11.6 Å². The van der Waals surface area contributed by atoms with E-state index < -0.39 is 0 Å². The Morgan fingerprint density at radius 2 is 2.00 bits per heavy atom. The molecule has 1 heterocycles. The molecule has 2 rings (SSSR count). The predicted octanol–water partition coefficient (Wildman–Crippen LogP) is 3.91. The lowest BCUT2D eigenvalue weighted by molar-refractivity contribution is 0.415. The van der Waals surface area contributed by atoms with E-state index in [-0.39, 0.29) is 0 Å². The molecule has 0 fully saturated rings.